The van der Waals surface area contributed by atoms with Crippen LogP contribution in [0.2, 0.25) is 0 Å². The van der Waals surface area contributed by atoms with Crippen LogP contribution in [0.5, 0.6) is 11.5 Å². The van der Waals surface area contributed by atoms with E-state index in [0.717, 1.165) is 51.1 Å². The van der Waals surface area contributed by atoms with Crippen LogP contribution in [0.1, 0.15) is 24.8 Å². The van der Waals surface area contributed by atoms with E-state index in [4.69, 9.17) is 10.5 Å². The number of benzene rings is 1. The minimum Gasteiger partial charge on any atom is -0.504 e. The van der Waals surface area contributed by atoms with Gasteiger partial charge >= 0.3 is 0 Å². The summed E-state index contributed by atoms with van der Waals surface area (Å²) in [5.74, 6) is 0.662. The molecule has 0 heterocycles. The number of ether oxygens (including phenoxy) is 1. The van der Waals surface area contributed by atoms with E-state index in [1.54, 1.807) is 13.2 Å². The molecule has 1 aromatic rings. The second-order valence-corrected chi connectivity index (χ2v) is 5.14. The number of nitrogens with one attached hydrogen (secondary N) is 2. The Morgan fingerprint density at radius 2 is 1.86 bits per heavy atom. The van der Waals surface area contributed by atoms with E-state index >= 15 is 0 Å². The fourth-order valence-corrected chi connectivity index (χ4v) is 2.03. The molecule has 1 aromatic carbocycles. The Labute approximate surface area is 133 Å². The van der Waals surface area contributed by atoms with Crippen LogP contribution in [-0.2, 0) is 0 Å². The molecule has 0 fully saturated rings. The molecule has 0 atom stereocenters. The first-order valence-electron chi connectivity index (χ1n) is 7.93. The molecule has 0 radical (unpaired) electrons. The van der Waals surface area contributed by atoms with Gasteiger partial charge in [0.25, 0.3) is 0 Å². The quantitative estimate of drug-likeness (QED) is 0.442. The SMILES string of the molecule is COc1cc(/C=C/CNCCCCNCCCN)ccc1O. The molecule has 22 heavy (non-hydrogen) atoms. The van der Waals surface area contributed by atoms with Crippen molar-refractivity contribution in [2.45, 2.75) is 19.3 Å². The summed E-state index contributed by atoms with van der Waals surface area (Å²) in [5, 5.41) is 16.3. The summed E-state index contributed by atoms with van der Waals surface area (Å²) in [6, 6.07) is 5.32. The number of methoxy groups -OCH3 is 1. The maximum atomic E-state index is 9.52. The van der Waals surface area contributed by atoms with Gasteiger partial charge in [0, 0.05) is 6.54 Å². The molecule has 0 spiro atoms. The normalized spacial score (nSPS) is 11.2. The van der Waals surface area contributed by atoms with Crippen molar-refractivity contribution >= 4 is 6.08 Å². The van der Waals surface area contributed by atoms with Gasteiger partial charge in [0.05, 0.1) is 7.11 Å². The number of aromatic hydroxyl groups is 1. The summed E-state index contributed by atoms with van der Waals surface area (Å²) >= 11 is 0. The van der Waals surface area contributed by atoms with Crippen LogP contribution in [0.15, 0.2) is 24.3 Å². The van der Waals surface area contributed by atoms with Crippen LogP contribution >= 0.6 is 0 Å². The number of phenols is 1. The monoisotopic (exact) mass is 307 g/mol. The van der Waals surface area contributed by atoms with Gasteiger partial charge in [0.15, 0.2) is 11.5 Å². The summed E-state index contributed by atoms with van der Waals surface area (Å²) in [5.41, 5.74) is 6.44. The number of nitrogens with two attached hydrogens (primary N) is 1. The first-order chi connectivity index (χ1) is 10.8. The Morgan fingerprint density at radius 1 is 1.14 bits per heavy atom. The highest BCUT2D eigenvalue weighted by Crippen LogP contribution is 2.26. The summed E-state index contributed by atoms with van der Waals surface area (Å²) in [6.45, 7) is 4.69. The highest BCUT2D eigenvalue weighted by molar-refractivity contribution is 5.55. The second kappa shape index (κ2) is 12.0. The molecule has 0 saturated carbocycles. The molecule has 5 heteroatoms. The van der Waals surface area contributed by atoms with E-state index in [9.17, 15) is 5.11 Å². The number of unbranched alkanes of at least 4 members (excludes halogenated alkanes) is 1. The van der Waals surface area contributed by atoms with Gasteiger partial charge in [-0.25, -0.2) is 0 Å². The van der Waals surface area contributed by atoms with E-state index in [1.165, 1.54) is 6.42 Å². The van der Waals surface area contributed by atoms with Gasteiger partial charge in [0.2, 0.25) is 0 Å². The van der Waals surface area contributed by atoms with Crippen molar-refractivity contribution in [3.63, 3.8) is 0 Å². The van der Waals surface area contributed by atoms with Crippen LogP contribution in [0.25, 0.3) is 6.08 Å². The van der Waals surface area contributed by atoms with Crippen LogP contribution in [-0.4, -0.2) is 44.9 Å². The van der Waals surface area contributed by atoms with Crippen molar-refractivity contribution < 1.29 is 9.84 Å². The second-order valence-electron chi connectivity index (χ2n) is 5.14. The molecular weight excluding hydrogens is 278 g/mol. The van der Waals surface area contributed by atoms with Gasteiger partial charge in [-0.15, -0.1) is 0 Å². The zero-order chi connectivity index (χ0) is 16.0. The van der Waals surface area contributed by atoms with Gasteiger partial charge < -0.3 is 26.2 Å². The van der Waals surface area contributed by atoms with Gasteiger partial charge in [0.1, 0.15) is 0 Å². The summed E-state index contributed by atoms with van der Waals surface area (Å²) in [6.07, 6.45) is 7.48. The van der Waals surface area contributed by atoms with E-state index < -0.39 is 0 Å². The zero-order valence-electron chi connectivity index (χ0n) is 13.5. The molecule has 5 N–H and O–H groups in total. The van der Waals surface area contributed by atoms with Gasteiger partial charge in [-0.3, -0.25) is 0 Å². The molecular formula is C17H29N3O2. The zero-order valence-corrected chi connectivity index (χ0v) is 13.5. The fourth-order valence-electron chi connectivity index (χ4n) is 2.03. The lowest BCUT2D eigenvalue weighted by Crippen LogP contribution is -2.21. The van der Waals surface area contributed by atoms with E-state index in [2.05, 4.69) is 16.7 Å². The number of phenolic OH excluding ortho intramolecular Hbond substituents is 1. The third-order valence-electron chi connectivity index (χ3n) is 3.29. The first-order valence-corrected chi connectivity index (χ1v) is 7.93. The van der Waals surface area contributed by atoms with Crippen molar-refractivity contribution in [3.05, 3.63) is 29.8 Å². The van der Waals surface area contributed by atoms with Crippen molar-refractivity contribution in [1.82, 2.24) is 10.6 Å². The number of rotatable bonds is 12. The topological polar surface area (TPSA) is 79.5 Å². The Hall–Kier alpha value is -1.56. The van der Waals surface area contributed by atoms with E-state index in [-0.39, 0.29) is 5.75 Å². The molecule has 0 aliphatic rings. The van der Waals surface area contributed by atoms with Crippen LogP contribution < -0.4 is 21.1 Å². The molecule has 5 nitrogen and oxygen atoms in total. The highest BCUT2D eigenvalue weighted by Gasteiger charge is 1.99. The van der Waals surface area contributed by atoms with Crippen molar-refractivity contribution in [1.29, 1.82) is 0 Å². The molecule has 0 aromatic heterocycles. The molecule has 0 amide bonds. The predicted molar refractivity (Wildman–Crippen MR) is 92.3 cm³/mol. The maximum absolute atomic E-state index is 9.52. The Balaban J connectivity index is 2.07. The van der Waals surface area contributed by atoms with Crippen molar-refractivity contribution in [3.8, 4) is 11.5 Å². The smallest absolute Gasteiger partial charge is 0.161 e. The van der Waals surface area contributed by atoms with E-state index in [0.29, 0.717) is 5.75 Å². The standard InChI is InChI=1S/C17H29N3O2/c1-22-17-14-15(7-8-16(17)21)6-4-12-19-10-2-3-11-20-13-5-9-18/h4,6-8,14,19-21H,2-3,5,9-13,18H2,1H3/b6-4+. The maximum Gasteiger partial charge on any atom is 0.161 e. The van der Waals surface area contributed by atoms with Crippen molar-refractivity contribution in [2.75, 3.05) is 39.8 Å². The summed E-state index contributed by atoms with van der Waals surface area (Å²) in [7, 11) is 1.55. The molecule has 0 bridgehead atoms. The Bertz CT molecular complexity index is 436. The van der Waals surface area contributed by atoms with Gasteiger partial charge in [-0.1, -0.05) is 18.2 Å². The molecule has 0 unspecified atom stereocenters. The largest absolute Gasteiger partial charge is 0.504 e. The molecule has 124 valence electrons. The summed E-state index contributed by atoms with van der Waals surface area (Å²) in [4.78, 5) is 0. The lowest BCUT2D eigenvalue weighted by molar-refractivity contribution is 0.373. The number of hydrogen-bond donors (Lipinski definition) is 4. The van der Waals surface area contributed by atoms with Crippen LogP contribution in [0, 0.1) is 0 Å². The highest BCUT2D eigenvalue weighted by atomic mass is 16.5. The molecule has 0 aliphatic carbocycles. The minimum atomic E-state index is 0.165. The first kappa shape index (κ1) is 18.5. The lowest BCUT2D eigenvalue weighted by Gasteiger charge is -2.05. The minimum absolute atomic E-state index is 0.165. The summed E-state index contributed by atoms with van der Waals surface area (Å²) < 4.78 is 5.08. The average Bonchev–Trinajstić information content (AvgIpc) is 2.54. The predicted octanol–water partition coefficient (Wildman–Crippen LogP) is 1.72. The third-order valence-corrected chi connectivity index (χ3v) is 3.29. The fraction of sp³-hybridized carbons (Fsp3) is 0.529. The van der Waals surface area contributed by atoms with Crippen LogP contribution in [0.3, 0.4) is 0 Å². The van der Waals surface area contributed by atoms with Gasteiger partial charge in [-0.05, 0) is 63.1 Å². The Morgan fingerprint density at radius 3 is 2.59 bits per heavy atom. The molecule has 0 aliphatic heterocycles. The third kappa shape index (κ3) is 8.02. The molecule has 1 rings (SSSR count). The number of hydrogen-bond acceptors (Lipinski definition) is 5. The van der Waals surface area contributed by atoms with E-state index in [1.807, 2.05) is 18.2 Å². The van der Waals surface area contributed by atoms with Gasteiger partial charge in [-0.2, -0.15) is 0 Å². The average molecular weight is 307 g/mol. The van der Waals surface area contributed by atoms with Crippen LogP contribution in [0.4, 0.5) is 0 Å². The Kier molecular flexibility index (Phi) is 10.1. The lowest BCUT2D eigenvalue weighted by atomic mass is 10.2. The van der Waals surface area contributed by atoms with Crippen molar-refractivity contribution in [2.24, 2.45) is 5.73 Å². The molecule has 0 saturated heterocycles.